The van der Waals surface area contributed by atoms with E-state index >= 15 is 0 Å². The number of hydrogen-bond acceptors (Lipinski definition) is 4. The minimum Gasteiger partial charge on any atom is -0.379 e. The van der Waals surface area contributed by atoms with E-state index in [1.54, 1.807) is 12.1 Å². The summed E-state index contributed by atoms with van der Waals surface area (Å²) in [5.41, 5.74) is 0.448. The highest BCUT2D eigenvalue weighted by molar-refractivity contribution is 7.99. The maximum atomic E-state index is 13.4. The molecule has 1 aromatic rings. The molecule has 4 nitrogen and oxygen atoms in total. The predicted octanol–water partition coefficient (Wildman–Crippen LogP) is 2.11. The summed E-state index contributed by atoms with van der Waals surface area (Å²) in [4.78, 5) is 17.2. The highest BCUT2D eigenvalue weighted by Gasteiger charge is 2.28. The number of nitrogens with zero attached hydrogens (tertiary/aromatic N) is 2. The molecule has 1 amide bonds. The monoisotopic (exact) mass is 338 g/mol. The van der Waals surface area contributed by atoms with Crippen molar-refractivity contribution in [3.05, 3.63) is 35.6 Å². The molecule has 0 aromatic heterocycles. The van der Waals surface area contributed by atoms with E-state index in [-0.39, 0.29) is 17.8 Å². The van der Waals surface area contributed by atoms with Gasteiger partial charge in [0, 0.05) is 37.5 Å². The molecule has 1 aromatic carbocycles. The van der Waals surface area contributed by atoms with Crippen LogP contribution in [0.4, 0.5) is 4.39 Å². The molecule has 1 atom stereocenters. The molecule has 0 N–H and O–H groups in total. The van der Waals surface area contributed by atoms with Crippen LogP contribution in [0.2, 0.25) is 0 Å². The number of halogens is 1. The molecule has 0 spiro atoms. The fraction of sp³-hybridized carbons (Fsp3) is 0.588. The number of carbonyl (C=O) groups excluding carboxylic acids is 1. The fourth-order valence-electron chi connectivity index (χ4n) is 3.12. The van der Waals surface area contributed by atoms with Gasteiger partial charge in [-0.1, -0.05) is 6.07 Å². The van der Waals surface area contributed by atoms with Crippen molar-refractivity contribution in [2.45, 2.75) is 12.5 Å². The molecule has 0 unspecified atom stereocenters. The Kier molecular flexibility index (Phi) is 5.91. The Hall–Kier alpha value is -1.11. The van der Waals surface area contributed by atoms with E-state index in [9.17, 15) is 9.18 Å². The van der Waals surface area contributed by atoms with E-state index < -0.39 is 0 Å². The van der Waals surface area contributed by atoms with E-state index in [1.807, 2.05) is 16.7 Å². The SMILES string of the molecule is O=C(c1cccc(F)c1)N1CCCSC[C@H]1CN1CCOCC1. The van der Waals surface area contributed by atoms with E-state index in [2.05, 4.69) is 4.90 Å². The van der Waals surface area contributed by atoms with Gasteiger partial charge in [-0.15, -0.1) is 0 Å². The summed E-state index contributed by atoms with van der Waals surface area (Å²) in [5, 5.41) is 0. The zero-order valence-corrected chi connectivity index (χ0v) is 14.1. The van der Waals surface area contributed by atoms with Crippen molar-refractivity contribution < 1.29 is 13.9 Å². The summed E-state index contributed by atoms with van der Waals surface area (Å²) in [7, 11) is 0. The normalized spacial score (nSPS) is 23.5. The first kappa shape index (κ1) is 16.7. The lowest BCUT2D eigenvalue weighted by Gasteiger charge is -2.35. The van der Waals surface area contributed by atoms with Crippen molar-refractivity contribution >= 4 is 17.7 Å². The van der Waals surface area contributed by atoms with Gasteiger partial charge in [0.15, 0.2) is 0 Å². The largest absolute Gasteiger partial charge is 0.379 e. The first-order valence-corrected chi connectivity index (χ1v) is 9.34. The van der Waals surface area contributed by atoms with Crippen molar-refractivity contribution in [2.24, 2.45) is 0 Å². The molecule has 2 fully saturated rings. The molecule has 0 aliphatic carbocycles. The molecular weight excluding hydrogens is 315 g/mol. The summed E-state index contributed by atoms with van der Waals surface area (Å²) in [6, 6.07) is 6.20. The Bertz CT molecular complexity index is 537. The van der Waals surface area contributed by atoms with Crippen LogP contribution in [0.1, 0.15) is 16.8 Å². The number of rotatable bonds is 3. The van der Waals surface area contributed by atoms with E-state index in [4.69, 9.17) is 4.74 Å². The van der Waals surface area contributed by atoms with Crippen molar-refractivity contribution in [1.29, 1.82) is 0 Å². The second-order valence-electron chi connectivity index (χ2n) is 6.00. The van der Waals surface area contributed by atoms with Gasteiger partial charge in [-0.25, -0.2) is 4.39 Å². The van der Waals surface area contributed by atoms with Crippen molar-refractivity contribution in [3.63, 3.8) is 0 Å². The molecular formula is C17H23FN2O2S. The molecule has 2 aliphatic heterocycles. The summed E-state index contributed by atoms with van der Waals surface area (Å²) >= 11 is 1.91. The molecule has 2 heterocycles. The molecule has 0 bridgehead atoms. The van der Waals surface area contributed by atoms with Gasteiger partial charge in [0.25, 0.3) is 5.91 Å². The molecule has 126 valence electrons. The van der Waals surface area contributed by atoms with Crippen LogP contribution in [-0.4, -0.2) is 72.6 Å². The summed E-state index contributed by atoms with van der Waals surface area (Å²) < 4.78 is 18.8. The van der Waals surface area contributed by atoms with E-state index in [1.165, 1.54) is 12.1 Å². The Morgan fingerprint density at radius 2 is 2.13 bits per heavy atom. The number of carbonyl (C=O) groups is 1. The number of hydrogen-bond donors (Lipinski definition) is 0. The minimum absolute atomic E-state index is 0.0507. The first-order valence-electron chi connectivity index (χ1n) is 8.18. The zero-order valence-electron chi connectivity index (χ0n) is 13.2. The molecule has 6 heteroatoms. The van der Waals surface area contributed by atoms with Crippen molar-refractivity contribution in [3.8, 4) is 0 Å². The second kappa shape index (κ2) is 8.13. The van der Waals surface area contributed by atoms with Crippen LogP contribution in [0.25, 0.3) is 0 Å². The molecule has 3 rings (SSSR count). The van der Waals surface area contributed by atoms with Gasteiger partial charge >= 0.3 is 0 Å². The third-order valence-corrected chi connectivity index (χ3v) is 5.54. The third kappa shape index (κ3) is 4.46. The second-order valence-corrected chi connectivity index (χ2v) is 7.15. The minimum atomic E-state index is -0.357. The Balaban J connectivity index is 1.73. The molecule has 2 aliphatic rings. The van der Waals surface area contributed by atoms with Gasteiger partial charge in [0.05, 0.1) is 19.3 Å². The quantitative estimate of drug-likeness (QED) is 0.845. The maximum Gasteiger partial charge on any atom is 0.254 e. The number of amides is 1. The van der Waals surface area contributed by atoms with E-state index in [0.29, 0.717) is 5.56 Å². The number of morpholine rings is 1. The number of thioether (sulfide) groups is 1. The lowest BCUT2D eigenvalue weighted by atomic mass is 10.1. The molecule has 23 heavy (non-hydrogen) atoms. The van der Waals surface area contributed by atoms with Crippen LogP contribution in [0, 0.1) is 5.82 Å². The Morgan fingerprint density at radius 1 is 1.30 bits per heavy atom. The third-order valence-electron chi connectivity index (χ3n) is 4.34. The highest BCUT2D eigenvalue weighted by atomic mass is 32.2. The lowest BCUT2D eigenvalue weighted by Crippen LogP contribution is -2.50. The van der Waals surface area contributed by atoms with Crippen LogP contribution < -0.4 is 0 Å². The lowest BCUT2D eigenvalue weighted by molar-refractivity contribution is 0.0245. The topological polar surface area (TPSA) is 32.8 Å². The molecule has 0 saturated carbocycles. The van der Waals surface area contributed by atoms with E-state index in [0.717, 1.165) is 57.3 Å². The van der Waals surface area contributed by atoms with Crippen LogP contribution >= 0.6 is 11.8 Å². The number of ether oxygens (including phenoxy) is 1. The first-order chi connectivity index (χ1) is 11.2. The fourth-order valence-corrected chi connectivity index (χ4v) is 4.17. The molecule has 2 saturated heterocycles. The Labute approximate surface area is 141 Å². The van der Waals surface area contributed by atoms with Crippen LogP contribution in [0.3, 0.4) is 0 Å². The average molecular weight is 338 g/mol. The van der Waals surface area contributed by atoms with Gasteiger partial charge in [0.1, 0.15) is 5.82 Å². The summed E-state index contributed by atoms with van der Waals surface area (Å²) in [5.74, 6) is 1.61. The van der Waals surface area contributed by atoms with Crippen molar-refractivity contribution in [1.82, 2.24) is 9.80 Å². The van der Waals surface area contributed by atoms with Gasteiger partial charge in [-0.05, 0) is 30.4 Å². The number of benzene rings is 1. The van der Waals surface area contributed by atoms with Gasteiger partial charge in [0.2, 0.25) is 0 Å². The maximum absolute atomic E-state index is 13.4. The smallest absolute Gasteiger partial charge is 0.254 e. The van der Waals surface area contributed by atoms with Gasteiger partial charge in [-0.3, -0.25) is 9.69 Å². The van der Waals surface area contributed by atoms with Gasteiger partial charge < -0.3 is 9.64 Å². The highest BCUT2D eigenvalue weighted by Crippen LogP contribution is 2.20. The molecule has 0 radical (unpaired) electrons. The van der Waals surface area contributed by atoms with Crippen LogP contribution in [0.15, 0.2) is 24.3 Å². The van der Waals surface area contributed by atoms with Crippen LogP contribution in [0.5, 0.6) is 0 Å². The predicted molar refractivity (Wildman–Crippen MR) is 90.4 cm³/mol. The summed E-state index contributed by atoms with van der Waals surface area (Å²) in [6.45, 7) is 4.98. The zero-order chi connectivity index (χ0) is 16.1. The standard InChI is InChI=1S/C17H23FN2O2S/c18-15-4-1-3-14(11-15)17(21)20-5-2-10-23-13-16(20)12-19-6-8-22-9-7-19/h1,3-4,11,16H,2,5-10,12-13H2/t16-/m1/s1. The van der Waals surface area contributed by atoms with Crippen LogP contribution in [-0.2, 0) is 4.74 Å². The summed E-state index contributed by atoms with van der Waals surface area (Å²) in [6.07, 6.45) is 0.991. The van der Waals surface area contributed by atoms with Crippen molar-refractivity contribution in [2.75, 3.05) is 50.9 Å². The van der Waals surface area contributed by atoms with Gasteiger partial charge in [-0.2, -0.15) is 11.8 Å². The Morgan fingerprint density at radius 3 is 2.91 bits per heavy atom. The average Bonchev–Trinajstić information content (AvgIpc) is 2.81.